The van der Waals surface area contributed by atoms with Gasteiger partial charge in [0.1, 0.15) is 35.7 Å². The molecule has 0 N–H and O–H groups in total. The normalized spacial score (nSPS) is 12.0. The molecule has 1 aromatic rings. The van der Waals surface area contributed by atoms with Crippen LogP contribution in [0.2, 0.25) is 25.7 Å². The minimum Gasteiger partial charge on any atom is -0.360 e. The van der Waals surface area contributed by atoms with Gasteiger partial charge in [-0.25, -0.2) is 21.5 Å². The van der Waals surface area contributed by atoms with E-state index in [1.165, 1.54) is 0 Å². The maximum Gasteiger partial charge on any atom is 0.237 e. The molecule has 1 rings (SSSR count). The van der Waals surface area contributed by atoms with Gasteiger partial charge < -0.3 is 4.74 Å². The molecule has 140 valence electrons. The molecule has 9 heteroatoms. The average molecular weight is 391 g/mol. The molecule has 1 aromatic carbocycles. The van der Waals surface area contributed by atoms with Gasteiger partial charge in [0.15, 0.2) is 0 Å². The number of benzene rings is 1. The molecule has 0 fully saturated rings. The van der Waals surface area contributed by atoms with Crippen molar-refractivity contribution in [2.24, 2.45) is 0 Å². The van der Waals surface area contributed by atoms with Crippen LogP contribution in [0.1, 0.15) is 18.9 Å². The molecule has 0 amide bonds. The molecule has 0 atom stereocenters. The number of nitriles is 1. The van der Waals surface area contributed by atoms with Gasteiger partial charge in [0.2, 0.25) is 10.0 Å². The topological polar surface area (TPSA) is 70.4 Å². The largest absolute Gasteiger partial charge is 0.360 e. The maximum atomic E-state index is 14.3. The summed E-state index contributed by atoms with van der Waals surface area (Å²) in [6, 6.07) is 3.95. The second-order valence-electron chi connectivity index (χ2n) is 6.88. The zero-order valence-electron chi connectivity index (χ0n) is 15.0. The first-order chi connectivity index (χ1) is 11.5. The lowest BCUT2D eigenvalue weighted by Gasteiger charge is -2.26. The van der Waals surface area contributed by atoms with Crippen molar-refractivity contribution in [1.29, 1.82) is 5.26 Å². The van der Waals surface area contributed by atoms with Crippen LogP contribution in [0.15, 0.2) is 12.1 Å². The smallest absolute Gasteiger partial charge is 0.237 e. The van der Waals surface area contributed by atoms with Crippen LogP contribution >= 0.6 is 0 Å². The molecule has 0 saturated heterocycles. The second-order valence-corrected chi connectivity index (χ2v) is 14.5. The average Bonchev–Trinajstić information content (AvgIpc) is 2.48. The molecule has 25 heavy (non-hydrogen) atoms. The van der Waals surface area contributed by atoms with Gasteiger partial charge in [-0.2, -0.15) is 5.26 Å². The van der Waals surface area contributed by atoms with Gasteiger partial charge in [-0.3, -0.25) is 0 Å². The fourth-order valence-electron chi connectivity index (χ4n) is 2.07. The maximum absolute atomic E-state index is 14.3. The van der Waals surface area contributed by atoms with E-state index in [0.29, 0.717) is 17.3 Å². The number of nitrogens with zero attached hydrogens (tertiary/aromatic N) is 2. The zero-order valence-corrected chi connectivity index (χ0v) is 16.8. The molecule has 0 spiro atoms. The van der Waals surface area contributed by atoms with E-state index in [1.54, 1.807) is 13.0 Å². The molecule has 0 aliphatic carbocycles. The number of sulfonamides is 1. The van der Waals surface area contributed by atoms with Crippen LogP contribution in [0.4, 0.5) is 14.5 Å². The Hall–Kier alpha value is -1.50. The summed E-state index contributed by atoms with van der Waals surface area (Å²) < 4.78 is 59.2. The number of hydrogen-bond donors (Lipinski definition) is 0. The molecule has 0 radical (unpaired) electrons. The van der Waals surface area contributed by atoms with E-state index in [4.69, 9.17) is 10.00 Å². The number of halogens is 2. The Bertz CT molecular complexity index is 743. The SMILES string of the molecule is CCCS(=O)(=O)N(COCC[Si](C)(C)C)c1c(F)ccc(F)c1C#N. The van der Waals surface area contributed by atoms with E-state index >= 15 is 0 Å². The summed E-state index contributed by atoms with van der Waals surface area (Å²) in [5.74, 6) is -2.21. The van der Waals surface area contributed by atoms with Crippen molar-refractivity contribution >= 4 is 23.8 Å². The number of anilines is 1. The van der Waals surface area contributed by atoms with Crippen LogP contribution in [0, 0.1) is 23.0 Å². The highest BCUT2D eigenvalue weighted by atomic mass is 32.2. The third kappa shape index (κ3) is 6.06. The summed E-state index contributed by atoms with van der Waals surface area (Å²) in [6.45, 7) is 7.94. The highest BCUT2D eigenvalue weighted by molar-refractivity contribution is 7.92. The van der Waals surface area contributed by atoms with Crippen LogP contribution in [0.5, 0.6) is 0 Å². The van der Waals surface area contributed by atoms with E-state index in [1.807, 2.05) is 0 Å². The Labute approximate surface area is 149 Å². The van der Waals surface area contributed by atoms with Gasteiger partial charge in [0, 0.05) is 14.7 Å². The van der Waals surface area contributed by atoms with Crippen molar-refractivity contribution in [3.63, 3.8) is 0 Å². The Balaban J connectivity index is 3.22. The number of rotatable bonds is 9. The van der Waals surface area contributed by atoms with Gasteiger partial charge >= 0.3 is 0 Å². The lowest BCUT2D eigenvalue weighted by atomic mass is 10.2. The molecule has 0 bridgehead atoms. The zero-order chi connectivity index (χ0) is 19.3. The van der Waals surface area contributed by atoms with Crippen molar-refractivity contribution < 1.29 is 21.9 Å². The van der Waals surface area contributed by atoms with Crippen LogP contribution in [-0.2, 0) is 14.8 Å². The first-order valence-electron chi connectivity index (χ1n) is 7.99. The van der Waals surface area contributed by atoms with E-state index in [2.05, 4.69) is 19.6 Å². The molecule has 0 unspecified atom stereocenters. The summed E-state index contributed by atoms with van der Waals surface area (Å²) in [7, 11) is -5.34. The van der Waals surface area contributed by atoms with Gasteiger partial charge in [-0.15, -0.1) is 0 Å². The van der Waals surface area contributed by atoms with Crippen molar-refractivity contribution in [2.75, 3.05) is 23.4 Å². The van der Waals surface area contributed by atoms with E-state index in [-0.39, 0.29) is 5.75 Å². The van der Waals surface area contributed by atoms with Crippen LogP contribution in [-0.4, -0.2) is 35.6 Å². The standard InChI is InChI=1S/C16H24F2N2O3SSi/c1-5-9-24(21,22)20(12-23-8-10-25(2,3)4)16-13(11-19)14(17)6-7-15(16)18/h6-7H,5,8-10,12H2,1-4H3. The van der Waals surface area contributed by atoms with E-state index in [0.717, 1.165) is 18.2 Å². The Morgan fingerprint density at radius 3 is 2.36 bits per heavy atom. The molecule has 0 aromatic heterocycles. The molecular weight excluding hydrogens is 366 g/mol. The quantitative estimate of drug-likeness (QED) is 0.366. The van der Waals surface area contributed by atoms with Gasteiger partial charge in [-0.1, -0.05) is 26.6 Å². The lowest BCUT2D eigenvalue weighted by molar-refractivity contribution is 0.156. The highest BCUT2D eigenvalue weighted by Gasteiger charge is 2.29. The van der Waals surface area contributed by atoms with Crippen LogP contribution in [0.25, 0.3) is 0 Å². The molecule has 0 saturated carbocycles. The second kappa shape index (κ2) is 8.74. The van der Waals surface area contributed by atoms with E-state index in [9.17, 15) is 17.2 Å². The molecular formula is C16H24F2N2O3SSi. The third-order valence-corrected chi connectivity index (χ3v) is 7.03. The van der Waals surface area contributed by atoms with Crippen molar-refractivity contribution in [2.45, 2.75) is 39.0 Å². The Morgan fingerprint density at radius 1 is 1.24 bits per heavy atom. The summed E-state index contributed by atoms with van der Waals surface area (Å²) >= 11 is 0. The van der Waals surface area contributed by atoms with Crippen LogP contribution in [0.3, 0.4) is 0 Å². The predicted octanol–water partition coefficient (Wildman–Crippen LogP) is 3.69. The number of ether oxygens (including phenoxy) is 1. The van der Waals surface area contributed by atoms with Gasteiger partial charge in [-0.05, 0) is 24.6 Å². The monoisotopic (exact) mass is 390 g/mol. The molecule has 5 nitrogen and oxygen atoms in total. The van der Waals surface area contributed by atoms with Crippen molar-refractivity contribution in [1.82, 2.24) is 0 Å². The highest BCUT2D eigenvalue weighted by Crippen LogP contribution is 2.29. The van der Waals surface area contributed by atoms with Crippen molar-refractivity contribution in [3.8, 4) is 6.07 Å². The summed E-state index contributed by atoms with van der Waals surface area (Å²) in [6.07, 6.45) is 0.298. The lowest BCUT2D eigenvalue weighted by Crippen LogP contribution is -2.37. The fraction of sp³-hybridized carbons (Fsp3) is 0.562. The molecule has 0 aliphatic heterocycles. The van der Waals surface area contributed by atoms with Gasteiger partial charge in [0.25, 0.3) is 0 Å². The summed E-state index contributed by atoms with van der Waals surface area (Å²) in [4.78, 5) is 0. The van der Waals surface area contributed by atoms with Crippen LogP contribution < -0.4 is 4.31 Å². The first-order valence-corrected chi connectivity index (χ1v) is 13.3. The number of hydrogen-bond acceptors (Lipinski definition) is 4. The fourth-order valence-corrected chi connectivity index (χ4v) is 4.25. The molecule has 0 heterocycles. The third-order valence-electron chi connectivity index (χ3n) is 3.44. The first kappa shape index (κ1) is 21.5. The Morgan fingerprint density at radius 2 is 1.84 bits per heavy atom. The van der Waals surface area contributed by atoms with E-state index < -0.39 is 47.7 Å². The minimum absolute atomic E-state index is 0.259. The van der Waals surface area contributed by atoms with Crippen molar-refractivity contribution in [3.05, 3.63) is 29.3 Å². The molecule has 0 aliphatic rings. The minimum atomic E-state index is -3.95. The summed E-state index contributed by atoms with van der Waals surface area (Å²) in [5, 5.41) is 9.13. The van der Waals surface area contributed by atoms with Gasteiger partial charge in [0.05, 0.1) is 5.75 Å². The predicted molar refractivity (Wildman–Crippen MR) is 96.6 cm³/mol. The Kier molecular flexibility index (Phi) is 7.53. The summed E-state index contributed by atoms with van der Waals surface area (Å²) in [5.41, 5.74) is -1.24.